The molecule has 2 rings (SSSR count). The minimum absolute atomic E-state index is 0.213. The summed E-state index contributed by atoms with van der Waals surface area (Å²) in [6, 6.07) is 4.59. The zero-order valence-electron chi connectivity index (χ0n) is 9.72. The van der Waals surface area contributed by atoms with Gasteiger partial charge in [-0.1, -0.05) is 0 Å². The average Bonchev–Trinajstić information content (AvgIpc) is 2.89. The molecular formula is C12H10FN3O3. The van der Waals surface area contributed by atoms with Gasteiger partial charge in [-0.05, 0) is 17.7 Å². The number of nitro groups is 1. The van der Waals surface area contributed by atoms with E-state index in [1.165, 1.54) is 0 Å². The van der Waals surface area contributed by atoms with Crippen molar-refractivity contribution in [2.24, 2.45) is 0 Å². The molecule has 0 fully saturated rings. The quantitative estimate of drug-likeness (QED) is 0.653. The van der Waals surface area contributed by atoms with Crippen LogP contribution in [0, 0.1) is 15.9 Å². The van der Waals surface area contributed by atoms with E-state index in [-0.39, 0.29) is 17.8 Å². The summed E-state index contributed by atoms with van der Waals surface area (Å²) in [6.07, 6.45) is 3.37. The van der Waals surface area contributed by atoms with E-state index < -0.39 is 16.6 Å². The third-order valence-corrected chi connectivity index (χ3v) is 2.52. The van der Waals surface area contributed by atoms with Gasteiger partial charge < -0.3 is 10.3 Å². The lowest BCUT2D eigenvalue weighted by atomic mass is 10.1. The second-order valence-electron chi connectivity index (χ2n) is 3.82. The van der Waals surface area contributed by atoms with Gasteiger partial charge in [0.2, 0.25) is 0 Å². The van der Waals surface area contributed by atoms with Crippen LogP contribution < -0.4 is 5.32 Å². The number of halogens is 1. The van der Waals surface area contributed by atoms with Crippen molar-refractivity contribution in [1.82, 2.24) is 10.3 Å². The van der Waals surface area contributed by atoms with Gasteiger partial charge in [-0.15, -0.1) is 0 Å². The number of H-pyrrole nitrogens is 1. The molecule has 0 saturated carbocycles. The first-order chi connectivity index (χ1) is 9.08. The molecule has 0 radical (unpaired) electrons. The highest BCUT2D eigenvalue weighted by Gasteiger charge is 2.16. The van der Waals surface area contributed by atoms with Crippen LogP contribution in [0.3, 0.4) is 0 Å². The second kappa shape index (κ2) is 5.30. The number of hydrogen-bond acceptors (Lipinski definition) is 3. The van der Waals surface area contributed by atoms with Gasteiger partial charge in [0.25, 0.3) is 11.6 Å². The Morgan fingerprint density at radius 3 is 2.84 bits per heavy atom. The molecule has 0 saturated heterocycles. The maximum atomic E-state index is 13.5. The number of non-ortho nitro benzene ring substituents is 1. The van der Waals surface area contributed by atoms with E-state index in [1.54, 1.807) is 18.5 Å². The van der Waals surface area contributed by atoms with Crippen molar-refractivity contribution in [3.8, 4) is 0 Å². The minimum atomic E-state index is -0.794. The van der Waals surface area contributed by atoms with Crippen LogP contribution in [-0.4, -0.2) is 15.8 Å². The normalized spacial score (nSPS) is 10.2. The van der Waals surface area contributed by atoms with Crippen LogP contribution in [0.1, 0.15) is 15.9 Å². The summed E-state index contributed by atoms with van der Waals surface area (Å²) < 4.78 is 13.5. The largest absolute Gasteiger partial charge is 0.367 e. The van der Waals surface area contributed by atoms with Crippen LogP contribution in [0.2, 0.25) is 0 Å². The van der Waals surface area contributed by atoms with Crippen LogP contribution in [0.4, 0.5) is 10.1 Å². The number of amides is 1. The van der Waals surface area contributed by atoms with Gasteiger partial charge in [0.05, 0.1) is 10.5 Å². The highest BCUT2D eigenvalue weighted by molar-refractivity contribution is 5.95. The van der Waals surface area contributed by atoms with E-state index >= 15 is 0 Å². The molecule has 1 aromatic carbocycles. The highest BCUT2D eigenvalue weighted by atomic mass is 19.1. The Morgan fingerprint density at radius 1 is 1.42 bits per heavy atom. The first-order valence-corrected chi connectivity index (χ1v) is 5.42. The summed E-state index contributed by atoms with van der Waals surface area (Å²) in [4.78, 5) is 24.5. The number of hydrogen-bond donors (Lipinski definition) is 2. The van der Waals surface area contributed by atoms with Crippen molar-refractivity contribution < 1.29 is 14.1 Å². The molecule has 0 spiro atoms. The standard InChI is InChI=1S/C12H10FN3O3/c13-11-2-1-9(16(18)19)5-10(11)12(17)15-7-8-3-4-14-6-8/h1-6,14H,7H2,(H,15,17). The van der Waals surface area contributed by atoms with Gasteiger partial charge in [-0.25, -0.2) is 4.39 Å². The lowest BCUT2D eigenvalue weighted by Crippen LogP contribution is -2.23. The summed E-state index contributed by atoms with van der Waals surface area (Å²) in [5.74, 6) is -1.49. The van der Waals surface area contributed by atoms with Crippen molar-refractivity contribution in [2.45, 2.75) is 6.54 Å². The van der Waals surface area contributed by atoms with Crippen LogP contribution in [0.15, 0.2) is 36.7 Å². The van der Waals surface area contributed by atoms with E-state index in [2.05, 4.69) is 10.3 Å². The van der Waals surface area contributed by atoms with Gasteiger partial charge in [-0.2, -0.15) is 0 Å². The van der Waals surface area contributed by atoms with E-state index in [0.717, 1.165) is 23.8 Å². The number of nitrogens with zero attached hydrogens (tertiary/aromatic N) is 1. The summed E-state index contributed by atoms with van der Waals surface area (Å²) >= 11 is 0. The molecule has 19 heavy (non-hydrogen) atoms. The predicted octanol–water partition coefficient (Wildman–Crippen LogP) is 1.99. The molecule has 1 aromatic heterocycles. The SMILES string of the molecule is O=C(NCc1cc[nH]c1)c1cc([N+](=O)[O-])ccc1F. The predicted molar refractivity (Wildman–Crippen MR) is 65.0 cm³/mol. The number of rotatable bonds is 4. The number of carbonyl (C=O) groups excluding carboxylic acids is 1. The first kappa shape index (κ1) is 12.7. The molecule has 98 valence electrons. The third kappa shape index (κ3) is 2.95. The summed E-state index contributed by atoms with van der Waals surface area (Å²) in [7, 11) is 0. The fourth-order valence-electron chi connectivity index (χ4n) is 1.55. The maximum absolute atomic E-state index is 13.5. The number of carbonyl (C=O) groups is 1. The molecule has 0 aliphatic rings. The van der Waals surface area contributed by atoms with Gasteiger partial charge in [-0.3, -0.25) is 14.9 Å². The molecule has 0 aliphatic heterocycles. The summed E-state index contributed by atoms with van der Waals surface area (Å²) in [6.45, 7) is 0.213. The molecule has 1 heterocycles. The molecule has 0 aliphatic carbocycles. The Bertz CT molecular complexity index is 611. The molecular weight excluding hydrogens is 253 g/mol. The van der Waals surface area contributed by atoms with Crippen LogP contribution in [-0.2, 0) is 6.54 Å². The minimum Gasteiger partial charge on any atom is -0.367 e. The van der Waals surface area contributed by atoms with Crippen LogP contribution in [0.25, 0.3) is 0 Å². The lowest BCUT2D eigenvalue weighted by molar-refractivity contribution is -0.384. The smallest absolute Gasteiger partial charge is 0.270 e. The monoisotopic (exact) mass is 263 g/mol. The number of aromatic amines is 1. The van der Waals surface area contributed by atoms with E-state index in [1.807, 2.05) is 0 Å². The first-order valence-electron chi connectivity index (χ1n) is 5.42. The third-order valence-electron chi connectivity index (χ3n) is 2.52. The molecule has 0 atom stereocenters. The number of nitrogens with one attached hydrogen (secondary N) is 2. The molecule has 7 heteroatoms. The zero-order chi connectivity index (χ0) is 13.8. The van der Waals surface area contributed by atoms with Gasteiger partial charge in [0, 0.05) is 31.1 Å². The molecule has 1 amide bonds. The fourth-order valence-corrected chi connectivity index (χ4v) is 1.55. The topological polar surface area (TPSA) is 88.0 Å². The Balaban J connectivity index is 2.14. The second-order valence-corrected chi connectivity index (χ2v) is 3.82. The van der Waals surface area contributed by atoms with E-state index in [4.69, 9.17) is 0 Å². The number of nitro benzene ring substituents is 1. The summed E-state index contributed by atoms with van der Waals surface area (Å²) in [5, 5.41) is 13.1. The van der Waals surface area contributed by atoms with Gasteiger partial charge in [0.15, 0.2) is 0 Å². The van der Waals surface area contributed by atoms with Crippen molar-refractivity contribution in [3.05, 3.63) is 63.7 Å². The fraction of sp³-hybridized carbons (Fsp3) is 0.0833. The average molecular weight is 263 g/mol. The van der Waals surface area contributed by atoms with Gasteiger partial charge in [0.1, 0.15) is 5.82 Å². The Kier molecular flexibility index (Phi) is 3.56. The Labute approximate surface area is 107 Å². The van der Waals surface area contributed by atoms with E-state index in [9.17, 15) is 19.3 Å². The molecule has 6 nitrogen and oxygen atoms in total. The highest BCUT2D eigenvalue weighted by Crippen LogP contribution is 2.16. The lowest BCUT2D eigenvalue weighted by Gasteiger charge is -2.04. The molecule has 0 unspecified atom stereocenters. The molecule has 2 N–H and O–H groups in total. The number of benzene rings is 1. The Morgan fingerprint density at radius 2 is 2.21 bits per heavy atom. The van der Waals surface area contributed by atoms with Crippen LogP contribution in [0.5, 0.6) is 0 Å². The van der Waals surface area contributed by atoms with Crippen LogP contribution >= 0.6 is 0 Å². The van der Waals surface area contributed by atoms with Crippen molar-refractivity contribution in [3.63, 3.8) is 0 Å². The zero-order valence-corrected chi connectivity index (χ0v) is 9.72. The maximum Gasteiger partial charge on any atom is 0.270 e. The summed E-state index contributed by atoms with van der Waals surface area (Å²) in [5.41, 5.74) is 0.150. The van der Waals surface area contributed by atoms with Crippen molar-refractivity contribution in [2.75, 3.05) is 0 Å². The number of aromatic nitrogens is 1. The Hall–Kier alpha value is -2.70. The molecule has 2 aromatic rings. The van der Waals surface area contributed by atoms with Gasteiger partial charge >= 0.3 is 0 Å². The van der Waals surface area contributed by atoms with E-state index in [0.29, 0.717) is 0 Å². The molecule has 0 bridgehead atoms. The van der Waals surface area contributed by atoms with Crippen molar-refractivity contribution >= 4 is 11.6 Å². The van der Waals surface area contributed by atoms with Crippen molar-refractivity contribution in [1.29, 1.82) is 0 Å².